The number of thiocarbonyl (C=S) groups is 2. The average Bonchev–Trinajstić information content (AvgIpc) is 3.71. The minimum Gasteiger partial charge on any atom is -0.490 e. The molecule has 8 nitrogen and oxygen atoms in total. The lowest BCUT2D eigenvalue weighted by atomic mass is 9.98. The number of nitrogens with two attached hydrogens (primary N) is 2. The molecular weight excluding hydrogens is 589 g/mol. The Morgan fingerprint density at radius 3 is 1.34 bits per heavy atom. The highest BCUT2D eigenvalue weighted by Crippen LogP contribution is 2.39. The number of para-hydroxylation sites is 2. The van der Waals surface area contributed by atoms with Gasteiger partial charge in [0.05, 0.1) is 23.5 Å². The molecule has 6 rings (SSSR count). The van der Waals surface area contributed by atoms with Crippen LogP contribution in [0.15, 0.2) is 119 Å². The molecule has 2 aliphatic heterocycles. The molecule has 4 N–H and O–H groups in total. The van der Waals surface area contributed by atoms with Crippen LogP contribution in [0.2, 0.25) is 0 Å². The fraction of sp³-hybridized carbons (Fsp3) is 0.176. The second-order valence-corrected chi connectivity index (χ2v) is 11.2. The first-order valence-electron chi connectivity index (χ1n) is 14.4. The summed E-state index contributed by atoms with van der Waals surface area (Å²) in [5.41, 5.74) is 18.0. The van der Waals surface area contributed by atoms with Gasteiger partial charge in [-0.1, -0.05) is 97.1 Å². The van der Waals surface area contributed by atoms with Crippen molar-refractivity contribution in [2.75, 3.05) is 13.2 Å². The second-order valence-electron chi connectivity index (χ2n) is 10.4. The molecule has 0 fully saturated rings. The second kappa shape index (κ2) is 13.2. The van der Waals surface area contributed by atoms with E-state index in [-0.39, 0.29) is 22.3 Å². The van der Waals surface area contributed by atoms with Gasteiger partial charge in [0.2, 0.25) is 0 Å². The van der Waals surface area contributed by atoms with Gasteiger partial charge >= 0.3 is 0 Å². The zero-order valence-corrected chi connectivity index (χ0v) is 25.6. The molecule has 0 aliphatic carbocycles. The largest absolute Gasteiger partial charge is 0.490 e. The number of hydrazone groups is 2. The van der Waals surface area contributed by atoms with E-state index in [0.717, 1.165) is 45.2 Å². The summed E-state index contributed by atoms with van der Waals surface area (Å²) in [6.07, 6.45) is 1.30. The highest BCUT2D eigenvalue weighted by Gasteiger charge is 2.33. The molecule has 0 radical (unpaired) electrons. The summed E-state index contributed by atoms with van der Waals surface area (Å²) in [5.74, 6) is 1.47. The predicted octanol–water partition coefficient (Wildman–Crippen LogP) is 5.93. The molecule has 0 aromatic heterocycles. The Hall–Kier alpha value is -4.80. The van der Waals surface area contributed by atoms with E-state index in [1.54, 1.807) is 10.0 Å². The van der Waals surface area contributed by atoms with Gasteiger partial charge in [0.25, 0.3) is 0 Å². The Morgan fingerprint density at radius 2 is 0.955 bits per heavy atom. The third-order valence-electron chi connectivity index (χ3n) is 7.64. The third-order valence-corrected chi connectivity index (χ3v) is 8.01. The van der Waals surface area contributed by atoms with Crippen molar-refractivity contribution in [3.05, 3.63) is 131 Å². The molecule has 4 aromatic carbocycles. The minimum absolute atomic E-state index is 0.173. The zero-order valence-electron chi connectivity index (χ0n) is 24.0. The predicted molar refractivity (Wildman–Crippen MR) is 182 cm³/mol. The molecule has 0 saturated carbocycles. The van der Waals surface area contributed by atoms with E-state index in [4.69, 9.17) is 55.6 Å². The van der Waals surface area contributed by atoms with E-state index in [1.807, 2.05) is 109 Å². The first kappa shape index (κ1) is 29.3. The van der Waals surface area contributed by atoms with Gasteiger partial charge in [-0.05, 0) is 47.7 Å². The van der Waals surface area contributed by atoms with Crippen LogP contribution in [-0.4, -0.2) is 44.9 Å². The normalized spacial score (nSPS) is 17.6. The Bertz CT molecular complexity index is 1590. The van der Waals surface area contributed by atoms with Crippen LogP contribution >= 0.6 is 24.4 Å². The van der Waals surface area contributed by atoms with Gasteiger partial charge in [0, 0.05) is 24.0 Å². The SMILES string of the molecule is NC(=S)N1N=C(c2ccccc2)CC1c1ccccc1OCCOc1ccccc1C1CC(c2ccccc2)=NN1C(N)=S. The quantitative estimate of drug-likeness (QED) is 0.175. The topological polar surface area (TPSA) is 102 Å². The van der Waals surface area contributed by atoms with Crippen LogP contribution in [0, 0.1) is 0 Å². The van der Waals surface area contributed by atoms with E-state index in [1.165, 1.54) is 0 Å². The maximum Gasteiger partial charge on any atom is 0.187 e. The third kappa shape index (κ3) is 6.27. The highest BCUT2D eigenvalue weighted by atomic mass is 32.1. The Kier molecular flexibility index (Phi) is 8.81. The molecular formula is C34H32N6O2S2. The Balaban J connectivity index is 1.14. The molecule has 2 atom stereocenters. The van der Waals surface area contributed by atoms with Gasteiger partial charge in [0.15, 0.2) is 10.2 Å². The van der Waals surface area contributed by atoms with Crippen LogP contribution in [0.4, 0.5) is 0 Å². The zero-order chi connectivity index (χ0) is 30.5. The smallest absolute Gasteiger partial charge is 0.187 e. The van der Waals surface area contributed by atoms with Crippen molar-refractivity contribution >= 4 is 46.1 Å². The number of rotatable bonds is 9. The van der Waals surface area contributed by atoms with Gasteiger partial charge in [-0.2, -0.15) is 10.2 Å². The lowest BCUT2D eigenvalue weighted by Crippen LogP contribution is -2.32. The van der Waals surface area contributed by atoms with Crippen molar-refractivity contribution in [3.8, 4) is 11.5 Å². The molecule has 2 unspecified atom stereocenters. The molecule has 0 amide bonds. The number of benzene rings is 4. The molecule has 0 saturated heterocycles. The first-order valence-corrected chi connectivity index (χ1v) is 15.2. The molecule has 2 heterocycles. The summed E-state index contributed by atoms with van der Waals surface area (Å²) in [6.45, 7) is 0.653. The highest BCUT2D eigenvalue weighted by molar-refractivity contribution is 7.80. The number of ether oxygens (including phenoxy) is 2. The van der Waals surface area contributed by atoms with E-state index >= 15 is 0 Å². The number of nitrogens with zero attached hydrogens (tertiary/aromatic N) is 4. The first-order chi connectivity index (χ1) is 21.5. The molecule has 44 heavy (non-hydrogen) atoms. The Labute approximate surface area is 267 Å². The van der Waals surface area contributed by atoms with Crippen molar-refractivity contribution < 1.29 is 9.47 Å². The van der Waals surface area contributed by atoms with Gasteiger partial charge in [0.1, 0.15) is 24.7 Å². The van der Waals surface area contributed by atoms with Crippen LogP contribution in [0.25, 0.3) is 0 Å². The van der Waals surface area contributed by atoms with Gasteiger partial charge in [-0.25, -0.2) is 10.0 Å². The monoisotopic (exact) mass is 620 g/mol. The lowest BCUT2D eigenvalue weighted by Gasteiger charge is -2.25. The van der Waals surface area contributed by atoms with Crippen LogP contribution in [0.5, 0.6) is 11.5 Å². The summed E-state index contributed by atoms with van der Waals surface area (Å²) in [5, 5.41) is 13.3. The number of hydrogen-bond donors (Lipinski definition) is 2. The maximum atomic E-state index is 6.28. The van der Waals surface area contributed by atoms with Gasteiger partial charge < -0.3 is 20.9 Å². The van der Waals surface area contributed by atoms with Crippen molar-refractivity contribution in [2.45, 2.75) is 24.9 Å². The van der Waals surface area contributed by atoms with Crippen molar-refractivity contribution in [1.82, 2.24) is 10.0 Å². The van der Waals surface area contributed by atoms with E-state index < -0.39 is 0 Å². The molecule has 2 aliphatic rings. The maximum absolute atomic E-state index is 6.28. The van der Waals surface area contributed by atoms with E-state index in [2.05, 4.69) is 0 Å². The summed E-state index contributed by atoms with van der Waals surface area (Å²) in [4.78, 5) is 0. The van der Waals surface area contributed by atoms with Crippen LogP contribution in [0.1, 0.15) is 47.2 Å². The summed E-state index contributed by atoms with van der Waals surface area (Å²) in [6, 6.07) is 35.6. The average molecular weight is 621 g/mol. The van der Waals surface area contributed by atoms with Gasteiger partial charge in [-0.15, -0.1) is 0 Å². The molecule has 222 valence electrons. The summed E-state index contributed by atoms with van der Waals surface area (Å²) in [7, 11) is 0. The van der Waals surface area contributed by atoms with Gasteiger partial charge in [-0.3, -0.25) is 0 Å². The van der Waals surface area contributed by atoms with Crippen molar-refractivity contribution in [3.63, 3.8) is 0 Å². The molecule has 0 spiro atoms. The van der Waals surface area contributed by atoms with Crippen LogP contribution in [-0.2, 0) is 0 Å². The fourth-order valence-electron chi connectivity index (χ4n) is 5.60. The summed E-state index contributed by atoms with van der Waals surface area (Å²) < 4.78 is 12.6. The standard InChI is InChI=1S/C34H32N6O2S2/c35-33(43)39-29(21-27(37-39)23-11-3-1-4-12-23)25-15-7-9-17-31(25)41-19-20-42-32-18-10-8-16-26(32)30-22-28(38-40(30)34(36)44)24-13-5-2-6-14-24/h1-18,29-30H,19-22H2,(H2,35,43)(H2,36,44). The van der Waals surface area contributed by atoms with E-state index in [9.17, 15) is 0 Å². The van der Waals surface area contributed by atoms with Crippen LogP contribution in [0.3, 0.4) is 0 Å². The molecule has 0 bridgehead atoms. The van der Waals surface area contributed by atoms with Crippen molar-refractivity contribution in [2.24, 2.45) is 21.7 Å². The molecule has 4 aromatic rings. The minimum atomic E-state index is -0.173. The van der Waals surface area contributed by atoms with Crippen molar-refractivity contribution in [1.29, 1.82) is 0 Å². The summed E-state index contributed by atoms with van der Waals surface area (Å²) >= 11 is 10.7. The fourth-order valence-corrected chi connectivity index (χ4v) is 5.94. The Morgan fingerprint density at radius 1 is 0.591 bits per heavy atom. The number of hydrogen-bond acceptors (Lipinski definition) is 6. The molecule has 10 heteroatoms. The van der Waals surface area contributed by atoms with Crippen LogP contribution < -0.4 is 20.9 Å². The lowest BCUT2D eigenvalue weighted by molar-refractivity contribution is 0.209. The van der Waals surface area contributed by atoms with E-state index in [0.29, 0.717) is 26.1 Å².